The molecular weight excluding hydrogens is 226 g/mol. The van der Waals surface area contributed by atoms with Crippen LogP contribution in [-0.4, -0.2) is 31.9 Å². The number of ether oxygens (including phenoxy) is 1. The molecular formula is C15H25NO2. The minimum absolute atomic E-state index is 0.103. The summed E-state index contributed by atoms with van der Waals surface area (Å²) in [5.41, 5.74) is 1.41. The fraction of sp³-hybridized carbons (Fsp3) is 0.600. The quantitative estimate of drug-likeness (QED) is 0.697. The number of methoxy groups -OCH3 is 1. The molecule has 0 fully saturated rings. The van der Waals surface area contributed by atoms with E-state index in [1.807, 2.05) is 12.1 Å². The third kappa shape index (κ3) is 4.67. The van der Waals surface area contributed by atoms with Crippen LogP contribution >= 0.6 is 0 Å². The van der Waals surface area contributed by atoms with E-state index in [0.29, 0.717) is 0 Å². The normalized spacial score (nSPS) is 11.6. The van der Waals surface area contributed by atoms with E-state index in [9.17, 15) is 0 Å². The topological polar surface area (TPSA) is 41.5 Å². The van der Waals surface area contributed by atoms with Crippen molar-refractivity contribution < 1.29 is 9.84 Å². The van der Waals surface area contributed by atoms with Gasteiger partial charge >= 0.3 is 0 Å². The number of aliphatic hydroxyl groups is 1. The van der Waals surface area contributed by atoms with Gasteiger partial charge < -0.3 is 15.2 Å². The highest BCUT2D eigenvalue weighted by Crippen LogP contribution is 2.24. The summed E-state index contributed by atoms with van der Waals surface area (Å²) in [6.07, 6.45) is 1.89. The molecule has 3 nitrogen and oxygen atoms in total. The van der Waals surface area contributed by atoms with Crippen molar-refractivity contribution in [3.63, 3.8) is 0 Å². The van der Waals surface area contributed by atoms with Crippen LogP contribution < -0.4 is 10.1 Å². The summed E-state index contributed by atoms with van der Waals surface area (Å²) in [6.45, 7) is 6.64. The van der Waals surface area contributed by atoms with Gasteiger partial charge in [-0.05, 0) is 37.1 Å². The maximum Gasteiger partial charge on any atom is 0.118 e. The van der Waals surface area contributed by atoms with Crippen molar-refractivity contribution in [3.05, 3.63) is 29.8 Å². The van der Waals surface area contributed by atoms with Crippen molar-refractivity contribution in [2.24, 2.45) is 0 Å². The number of hydrogen-bond acceptors (Lipinski definition) is 3. The molecule has 0 heterocycles. The molecule has 2 N–H and O–H groups in total. The first-order valence-corrected chi connectivity index (χ1v) is 6.56. The Balaban J connectivity index is 2.45. The molecule has 0 aromatic heterocycles. The van der Waals surface area contributed by atoms with Crippen LogP contribution in [0.5, 0.6) is 5.75 Å². The second-order valence-electron chi connectivity index (χ2n) is 5.22. The molecule has 0 aliphatic heterocycles. The van der Waals surface area contributed by atoms with Gasteiger partial charge in [0.05, 0.1) is 7.11 Å². The number of aliphatic hydroxyl groups excluding tert-OH is 1. The van der Waals surface area contributed by atoms with Gasteiger partial charge in [-0.15, -0.1) is 0 Å². The molecule has 0 amide bonds. The Morgan fingerprint density at radius 2 is 1.83 bits per heavy atom. The first-order valence-electron chi connectivity index (χ1n) is 6.56. The summed E-state index contributed by atoms with van der Waals surface area (Å²) in [5, 5.41) is 12.2. The van der Waals surface area contributed by atoms with Gasteiger partial charge in [0, 0.05) is 18.6 Å². The molecule has 0 atom stereocenters. The van der Waals surface area contributed by atoms with E-state index in [1.54, 1.807) is 7.11 Å². The van der Waals surface area contributed by atoms with Crippen LogP contribution in [0.25, 0.3) is 0 Å². The van der Waals surface area contributed by atoms with Crippen molar-refractivity contribution in [2.45, 2.75) is 32.1 Å². The monoisotopic (exact) mass is 251 g/mol. The first kappa shape index (κ1) is 15.0. The molecule has 0 bridgehead atoms. The average molecular weight is 251 g/mol. The summed E-state index contributed by atoms with van der Waals surface area (Å²) in [5.74, 6) is 0.894. The van der Waals surface area contributed by atoms with Gasteiger partial charge in [-0.25, -0.2) is 0 Å². The molecule has 1 rings (SSSR count). The maximum atomic E-state index is 8.71. The predicted molar refractivity (Wildman–Crippen MR) is 75.2 cm³/mol. The third-order valence-electron chi connectivity index (χ3n) is 3.20. The number of unbranched alkanes of at least 4 members (excludes halogenated alkanes) is 1. The molecule has 0 saturated carbocycles. The van der Waals surface area contributed by atoms with E-state index >= 15 is 0 Å². The van der Waals surface area contributed by atoms with Gasteiger partial charge in [-0.1, -0.05) is 26.0 Å². The molecule has 0 aliphatic carbocycles. The van der Waals surface area contributed by atoms with Gasteiger partial charge in [0.1, 0.15) is 5.75 Å². The van der Waals surface area contributed by atoms with Crippen molar-refractivity contribution in [1.29, 1.82) is 0 Å². The van der Waals surface area contributed by atoms with Crippen molar-refractivity contribution >= 4 is 0 Å². The maximum absolute atomic E-state index is 8.71. The Bertz CT molecular complexity index is 333. The Labute approximate surface area is 110 Å². The molecule has 1 aromatic rings. The largest absolute Gasteiger partial charge is 0.497 e. The Morgan fingerprint density at radius 1 is 1.17 bits per heavy atom. The van der Waals surface area contributed by atoms with Crippen LogP contribution in [-0.2, 0) is 5.41 Å². The van der Waals surface area contributed by atoms with E-state index in [0.717, 1.165) is 31.7 Å². The van der Waals surface area contributed by atoms with Crippen LogP contribution in [0.3, 0.4) is 0 Å². The highest BCUT2D eigenvalue weighted by Gasteiger charge is 2.19. The van der Waals surface area contributed by atoms with E-state index in [-0.39, 0.29) is 12.0 Å². The molecule has 0 radical (unpaired) electrons. The van der Waals surface area contributed by atoms with Crippen molar-refractivity contribution in [2.75, 3.05) is 26.8 Å². The Kier molecular flexibility index (Phi) is 6.16. The van der Waals surface area contributed by atoms with Crippen LogP contribution in [0.1, 0.15) is 32.3 Å². The van der Waals surface area contributed by atoms with Gasteiger partial charge in [0.2, 0.25) is 0 Å². The number of nitrogens with one attached hydrogen (secondary N) is 1. The van der Waals surface area contributed by atoms with Gasteiger partial charge in [-0.2, -0.15) is 0 Å². The molecule has 18 heavy (non-hydrogen) atoms. The third-order valence-corrected chi connectivity index (χ3v) is 3.20. The van der Waals surface area contributed by atoms with E-state index < -0.39 is 0 Å². The second-order valence-corrected chi connectivity index (χ2v) is 5.22. The smallest absolute Gasteiger partial charge is 0.118 e. The minimum atomic E-state index is 0.103. The van der Waals surface area contributed by atoms with Gasteiger partial charge in [-0.3, -0.25) is 0 Å². The summed E-state index contributed by atoms with van der Waals surface area (Å²) < 4.78 is 5.17. The fourth-order valence-corrected chi connectivity index (χ4v) is 1.91. The van der Waals surface area contributed by atoms with Crippen molar-refractivity contribution in [3.8, 4) is 5.75 Å². The Morgan fingerprint density at radius 3 is 2.39 bits per heavy atom. The predicted octanol–water partition coefficient (Wildman–Crippen LogP) is 2.33. The fourth-order valence-electron chi connectivity index (χ4n) is 1.91. The number of benzene rings is 1. The molecule has 0 unspecified atom stereocenters. The number of rotatable bonds is 8. The highest BCUT2D eigenvalue weighted by molar-refractivity contribution is 5.31. The molecule has 0 aliphatic rings. The molecule has 3 heteroatoms. The summed E-state index contributed by atoms with van der Waals surface area (Å²) in [6, 6.07) is 8.24. The lowest BCUT2D eigenvalue weighted by atomic mass is 9.84. The summed E-state index contributed by atoms with van der Waals surface area (Å²) in [4.78, 5) is 0. The summed E-state index contributed by atoms with van der Waals surface area (Å²) in [7, 11) is 1.68. The molecule has 0 saturated heterocycles. The first-order chi connectivity index (χ1) is 8.60. The lowest BCUT2D eigenvalue weighted by Crippen LogP contribution is -2.33. The zero-order valence-electron chi connectivity index (χ0n) is 11.7. The highest BCUT2D eigenvalue weighted by atomic mass is 16.5. The number of hydrogen-bond donors (Lipinski definition) is 2. The standard InChI is InChI=1S/C15H25NO2/c1-15(2,12-16-10-4-5-11-17)13-6-8-14(18-3)9-7-13/h6-9,16-17H,4-5,10-12H2,1-3H3. The van der Waals surface area contributed by atoms with E-state index in [2.05, 4.69) is 31.3 Å². The SMILES string of the molecule is COc1ccc(C(C)(C)CNCCCCO)cc1. The lowest BCUT2D eigenvalue weighted by Gasteiger charge is -2.26. The van der Waals surface area contributed by atoms with E-state index in [1.165, 1.54) is 5.56 Å². The van der Waals surface area contributed by atoms with Gasteiger partial charge in [0.15, 0.2) is 0 Å². The van der Waals surface area contributed by atoms with Crippen LogP contribution in [0.4, 0.5) is 0 Å². The van der Waals surface area contributed by atoms with Crippen LogP contribution in [0, 0.1) is 0 Å². The zero-order chi connectivity index (χ0) is 13.4. The van der Waals surface area contributed by atoms with Crippen molar-refractivity contribution in [1.82, 2.24) is 5.32 Å². The minimum Gasteiger partial charge on any atom is -0.497 e. The zero-order valence-corrected chi connectivity index (χ0v) is 11.7. The molecule has 0 spiro atoms. The second kappa shape index (κ2) is 7.39. The average Bonchev–Trinajstić information content (AvgIpc) is 2.38. The molecule has 102 valence electrons. The lowest BCUT2D eigenvalue weighted by molar-refractivity contribution is 0.283. The van der Waals surface area contributed by atoms with Gasteiger partial charge in [0.25, 0.3) is 0 Å². The molecule has 1 aromatic carbocycles. The van der Waals surface area contributed by atoms with Crippen LogP contribution in [0.15, 0.2) is 24.3 Å². The summed E-state index contributed by atoms with van der Waals surface area (Å²) >= 11 is 0. The Hall–Kier alpha value is -1.06. The van der Waals surface area contributed by atoms with Crippen LogP contribution in [0.2, 0.25) is 0 Å². The van der Waals surface area contributed by atoms with E-state index in [4.69, 9.17) is 9.84 Å².